The standard InChI is InChI=1S/C14H21NO4/c1-15-13(14(16)17-2)8-9-18-10-11-19-12-6-4-3-5-7-12/h3-7,13,15H,8-11H2,1-2H3. The maximum atomic E-state index is 11.3. The van der Waals surface area contributed by atoms with Crippen LogP contribution < -0.4 is 10.1 Å². The molecule has 1 aromatic rings. The predicted molar refractivity (Wildman–Crippen MR) is 72.2 cm³/mol. The van der Waals surface area contributed by atoms with E-state index >= 15 is 0 Å². The van der Waals surface area contributed by atoms with Gasteiger partial charge in [0.25, 0.3) is 0 Å². The van der Waals surface area contributed by atoms with Gasteiger partial charge in [-0.2, -0.15) is 0 Å². The van der Waals surface area contributed by atoms with Gasteiger partial charge < -0.3 is 19.5 Å². The molecule has 5 heteroatoms. The maximum absolute atomic E-state index is 11.3. The number of hydrogen-bond acceptors (Lipinski definition) is 5. The minimum atomic E-state index is -0.319. The molecule has 0 saturated carbocycles. The number of para-hydroxylation sites is 1. The molecule has 1 aromatic carbocycles. The Morgan fingerprint density at radius 2 is 1.95 bits per heavy atom. The molecule has 0 fully saturated rings. The van der Waals surface area contributed by atoms with Crippen LogP contribution in [0.3, 0.4) is 0 Å². The Morgan fingerprint density at radius 1 is 1.21 bits per heavy atom. The van der Waals surface area contributed by atoms with Gasteiger partial charge in [-0.15, -0.1) is 0 Å². The smallest absolute Gasteiger partial charge is 0.322 e. The SMILES string of the molecule is CNC(CCOCCOc1ccccc1)C(=O)OC. The molecular formula is C14H21NO4. The first-order valence-electron chi connectivity index (χ1n) is 6.28. The fraction of sp³-hybridized carbons (Fsp3) is 0.500. The molecule has 5 nitrogen and oxygen atoms in total. The second-order valence-electron chi connectivity index (χ2n) is 3.93. The summed E-state index contributed by atoms with van der Waals surface area (Å²) in [6, 6.07) is 9.25. The highest BCUT2D eigenvalue weighted by Gasteiger charge is 2.15. The van der Waals surface area contributed by atoms with Gasteiger partial charge in [-0.1, -0.05) is 18.2 Å². The Bertz CT molecular complexity index is 356. The summed E-state index contributed by atoms with van der Waals surface area (Å²) in [5.41, 5.74) is 0. The Morgan fingerprint density at radius 3 is 2.58 bits per heavy atom. The van der Waals surface area contributed by atoms with E-state index in [1.807, 2.05) is 30.3 Å². The van der Waals surface area contributed by atoms with E-state index in [4.69, 9.17) is 9.47 Å². The van der Waals surface area contributed by atoms with Crippen molar-refractivity contribution in [1.29, 1.82) is 0 Å². The molecule has 19 heavy (non-hydrogen) atoms. The lowest BCUT2D eigenvalue weighted by atomic mass is 10.2. The van der Waals surface area contributed by atoms with Crippen LogP contribution in [-0.2, 0) is 14.3 Å². The molecule has 0 saturated heterocycles. The predicted octanol–water partition coefficient (Wildman–Crippen LogP) is 1.23. The van der Waals surface area contributed by atoms with Crippen LogP contribution in [0.1, 0.15) is 6.42 Å². The summed E-state index contributed by atoms with van der Waals surface area (Å²) < 4.78 is 15.5. The van der Waals surface area contributed by atoms with Gasteiger partial charge in [-0.3, -0.25) is 4.79 Å². The van der Waals surface area contributed by atoms with E-state index in [1.54, 1.807) is 7.05 Å². The number of ether oxygens (including phenoxy) is 3. The lowest BCUT2D eigenvalue weighted by Gasteiger charge is -2.13. The molecule has 0 aliphatic heterocycles. The van der Waals surface area contributed by atoms with Gasteiger partial charge in [0.15, 0.2) is 0 Å². The van der Waals surface area contributed by atoms with E-state index in [1.165, 1.54) is 7.11 Å². The zero-order valence-electron chi connectivity index (χ0n) is 11.4. The number of carbonyl (C=O) groups excluding carboxylic acids is 1. The number of likely N-dealkylation sites (N-methyl/N-ethyl adjacent to an activating group) is 1. The molecule has 0 aliphatic carbocycles. The average molecular weight is 267 g/mol. The van der Waals surface area contributed by atoms with E-state index in [9.17, 15) is 4.79 Å². The minimum Gasteiger partial charge on any atom is -0.491 e. The van der Waals surface area contributed by atoms with Crippen LogP contribution in [0.5, 0.6) is 5.75 Å². The Kier molecular flexibility index (Phi) is 7.62. The van der Waals surface area contributed by atoms with Crippen LogP contribution in [0.2, 0.25) is 0 Å². The first kappa shape index (κ1) is 15.5. The van der Waals surface area contributed by atoms with E-state index < -0.39 is 0 Å². The summed E-state index contributed by atoms with van der Waals surface area (Å²) in [5, 5.41) is 2.88. The summed E-state index contributed by atoms with van der Waals surface area (Å²) in [6.45, 7) is 1.47. The summed E-state index contributed by atoms with van der Waals surface area (Å²) in [6.07, 6.45) is 0.578. The third kappa shape index (κ3) is 6.22. The highest BCUT2D eigenvalue weighted by atomic mass is 16.5. The van der Waals surface area contributed by atoms with E-state index in [2.05, 4.69) is 10.1 Å². The number of rotatable bonds is 9. The summed E-state index contributed by atoms with van der Waals surface area (Å²) in [4.78, 5) is 11.3. The van der Waals surface area contributed by atoms with Crippen molar-refractivity contribution in [2.24, 2.45) is 0 Å². The van der Waals surface area contributed by atoms with Gasteiger partial charge in [-0.05, 0) is 25.6 Å². The van der Waals surface area contributed by atoms with Gasteiger partial charge in [-0.25, -0.2) is 0 Å². The second kappa shape index (κ2) is 9.35. The van der Waals surface area contributed by atoms with Crippen LogP contribution in [0.15, 0.2) is 30.3 Å². The lowest BCUT2D eigenvalue weighted by molar-refractivity contribution is -0.143. The molecule has 0 aliphatic rings. The van der Waals surface area contributed by atoms with Gasteiger partial charge in [0.2, 0.25) is 0 Å². The molecule has 1 unspecified atom stereocenters. The second-order valence-corrected chi connectivity index (χ2v) is 3.93. The van der Waals surface area contributed by atoms with Gasteiger partial charge in [0.1, 0.15) is 18.4 Å². The highest BCUT2D eigenvalue weighted by Crippen LogP contribution is 2.07. The monoisotopic (exact) mass is 267 g/mol. The molecule has 1 atom stereocenters. The first-order valence-corrected chi connectivity index (χ1v) is 6.28. The van der Waals surface area contributed by atoms with Crippen molar-refractivity contribution in [2.75, 3.05) is 34.0 Å². The molecule has 0 aromatic heterocycles. The third-order valence-corrected chi connectivity index (χ3v) is 2.62. The Labute approximate surface area is 113 Å². The van der Waals surface area contributed by atoms with Crippen molar-refractivity contribution in [2.45, 2.75) is 12.5 Å². The molecule has 0 radical (unpaired) electrons. The molecular weight excluding hydrogens is 246 g/mol. The lowest BCUT2D eigenvalue weighted by Crippen LogP contribution is -2.36. The van der Waals surface area contributed by atoms with E-state index in [0.29, 0.717) is 26.2 Å². The zero-order valence-corrected chi connectivity index (χ0v) is 11.4. The van der Waals surface area contributed by atoms with Gasteiger partial charge >= 0.3 is 5.97 Å². The Balaban J connectivity index is 2.06. The van der Waals surface area contributed by atoms with Crippen LogP contribution in [0, 0.1) is 0 Å². The number of methoxy groups -OCH3 is 1. The molecule has 0 heterocycles. The van der Waals surface area contributed by atoms with Crippen molar-refractivity contribution in [3.8, 4) is 5.75 Å². The molecule has 106 valence electrons. The fourth-order valence-electron chi connectivity index (χ4n) is 1.56. The minimum absolute atomic E-state index is 0.272. The van der Waals surface area contributed by atoms with Crippen LogP contribution in [-0.4, -0.2) is 46.0 Å². The van der Waals surface area contributed by atoms with Crippen LogP contribution in [0.25, 0.3) is 0 Å². The molecule has 0 bridgehead atoms. The van der Waals surface area contributed by atoms with E-state index in [-0.39, 0.29) is 12.0 Å². The normalized spacial score (nSPS) is 11.9. The van der Waals surface area contributed by atoms with Crippen molar-refractivity contribution in [1.82, 2.24) is 5.32 Å². The van der Waals surface area contributed by atoms with Crippen LogP contribution >= 0.6 is 0 Å². The molecule has 0 spiro atoms. The van der Waals surface area contributed by atoms with Crippen molar-refractivity contribution in [3.63, 3.8) is 0 Å². The number of nitrogens with one attached hydrogen (secondary N) is 1. The number of carbonyl (C=O) groups is 1. The van der Waals surface area contributed by atoms with Crippen molar-refractivity contribution >= 4 is 5.97 Å². The fourth-order valence-corrected chi connectivity index (χ4v) is 1.56. The summed E-state index contributed by atoms with van der Waals surface area (Å²) in [7, 11) is 3.10. The van der Waals surface area contributed by atoms with Crippen molar-refractivity contribution in [3.05, 3.63) is 30.3 Å². The number of hydrogen-bond donors (Lipinski definition) is 1. The maximum Gasteiger partial charge on any atom is 0.322 e. The number of benzene rings is 1. The van der Waals surface area contributed by atoms with Crippen LogP contribution in [0.4, 0.5) is 0 Å². The summed E-state index contributed by atoms with van der Waals surface area (Å²) >= 11 is 0. The first-order chi connectivity index (χ1) is 9.27. The largest absolute Gasteiger partial charge is 0.491 e. The highest BCUT2D eigenvalue weighted by molar-refractivity contribution is 5.75. The molecule has 1 rings (SSSR count). The summed E-state index contributed by atoms with van der Waals surface area (Å²) in [5.74, 6) is 0.556. The zero-order chi connectivity index (χ0) is 13.9. The molecule has 0 amide bonds. The topological polar surface area (TPSA) is 56.8 Å². The molecule has 1 N–H and O–H groups in total. The van der Waals surface area contributed by atoms with E-state index in [0.717, 1.165) is 5.75 Å². The van der Waals surface area contributed by atoms with Gasteiger partial charge in [0, 0.05) is 6.61 Å². The third-order valence-electron chi connectivity index (χ3n) is 2.62. The average Bonchev–Trinajstić information content (AvgIpc) is 2.47. The Hall–Kier alpha value is -1.59. The van der Waals surface area contributed by atoms with Gasteiger partial charge in [0.05, 0.1) is 13.7 Å². The number of esters is 1. The quantitative estimate of drug-likeness (QED) is 0.539. The van der Waals surface area contributed by atoms with Crippen molar-refractivity contribution < 1.29 is 19.0 Å².